The third-order valence-electron chi connectivity index (χ3n) is 9.54. The molecule has 4 aromatic rings. The van der Waals surface area contributed by atoms with Gasteiger partial charge in [0.2, 0.25) is 5.91 Å². The number of ether oxygens (including phenoxy) is 2. The average Bonchev–Trinajstić information content (AvgIpc) is 3.49. The molecule has 10 heteroatoms. The van der Waals surface area contributed by atoms with Gasteiger partial charge >= 0.3 is 6.09 Å². The number of hydrogen-bond donors (Lipinski definition) is 2. The molecule has 1 aliphatic carbocycles. The third-order valence-corrected chi connectivity index (χ3v) is 9.54. The van der Waals surface area contributed by atoms with E-state index in [0.717, 1.165) is 71.7 Å². The molecule has 4 atom stereocenters. The molecule has 2 bridgehead atoms. The van der Waals surface area contributed by atoms with Gasteiger partial charge in [0.15, 0.2) is 0 Å². The minimum absolute atomic E-state index is 0.245. The quantitative estimate of drug-likeness (QED) is 0.214. The van der Waals surface area contributed by atoms with Gasteiger partial charge in [-0.3, -0.25) is 9.48 Å². The predicted molar refractivity (Wildman–Crippen MR) is 186 cm³/mol. The van der Waals surface area contributed by atoms with E-state index in [-0.39, 0.29) is 23.8 Å². The lowest BCUT2D eigenvalue weighted by Gasteiger charge is -2.30. The average molecular weight is 649 g/mol. The highest BCUT2D eigenvalue weighted by molar-refractivity contribution is 5.97. The van der Waals surface area contributed by atoms with E-state index in [4.69, 9.17) is 14.5 Å². The van der Waals surface area contributed by atoms with Crippen LogP contribution >= 0.6 is 0 Å². The Labute approximate surface area is 281 Å². The van der Waals surface area contributed by atoms with Gasteiger partial charge in [-0.25, -0.2) is 9.78 Å². The van der Waals surface area contributed by atoms with Crippen LogP contribution in [0.4, 0.5) is 16.3 Å². The fourth-order valence-corrected chi connectivity index (χ4v) is 7.20. The molecular weight excluding hydrogens is 604 g/mol. The Hall–Kier alpha value is -4.70. The van der Waals surface area contributed by atoms with Crippen molar-refractivity contribution in [2.45, 2.75) is 76.7 Å². The number of aryl methyl sites for hydroxylation is 2. The molecule has 2 aromatic heterocycles. The number of hydrogen-bond acceptors (Lipinski definition) is 7. The molecule has 3 aliphatic rings. The monoisotopic (exact) mass is 648 g/mol. The van der Waals surface area contributed by atoms with Gasteiger partial charge in [0.1, 0.15) is 17.5 Å². The maximum atomic E-state index is 14.2. The zero-order valence-electron chi connectivity index (χ0n) is 28.3. The summed E-state index contributed by atoms with van der Waals surface area (Å²) in [6.45, 7) is 9.09. The second-order valence-corrected chi connectivity index (χ2v) is 14.4. The molecule has 2 amide bonds. The standard InChI is InChI=1S/C38H44N6O4/c1-23-20-40-43(5)35(23)25-11-13-29(14-12-25)41-36(45)34(42-37(46)48-38(2,3)4)33(24-9-10-24)28-8-6-7-26(17-28)27-15-16-39-32(18-27)44-21-31-19-30(44)22-47-31/h6-8,11-18,20,24,30-31,33-34H,9-10,19,21-22H2,1-5H3,(H,41,45)(H,42,46)/t30-,31-,33?,34?/m0/s1. The van der Waals surface area contributed by atoms with Crippen molar-refractivity contribution >= 4 is 23.5 Å². The first-order valence-electron chi connectivity index (χ1n) is 16.9. The van der Waals surface area contributed by atoms with Crippen molar-refractivity contribution in [3.05, 3.63) is 84.2 Å². The normalized spacial score (nSPS) is 20.0. The number of morpholine rings is 1. The maximum absolute atomic E-state index is 14.2. The van der Waals surface area contributed by atoms with Crippen molar-refractivity contribution in [3.8, 4) is 22.4 Å². The van der Waals surface area contributed by atoms with Crippen LogP contribution in [0.15, 0.2) is 73.1 Å². The molecule has 48 heavy (non-hydrogen) atoms. The first-order valence-corrected chi connectivity index (χ1v) is 16.9. The molecule has 2 aliphatic heterocycles. The first kappa shape index (κ1) is 31.9. The lowest BCUT2D eigenvalue weighted by atomic mass is 9.85. The van der Waals surface area contributed by atoms with Gasteiger partial charge in [-0.15, -0.1) is 0 Å². The number of alkyl carbamates (subject to hydrolysis) is 1. The second kappa shape index (κ2) is 12.7. The molecule has 2 unspecified atom stereocenters. The van der Waals surface area contributed by atoms with Gasteiger partial charge in [-0.2, -0.15) is 5.10 Å². The smallest absolute Gasteiger partial charge is 0.408 e. The van der Waals surface area contributed by atoms with Crippen LogP contribution in [0.5, 0.6) is 0 Å². The molecule has 7 rings (SSSR count). The SMILES string of the molecule is Cc1cnn(C)c1-c1ccc(NC(=O)C(NC(=O)OC(C)(C)C)C(c2cccc(-c3ccnc(N4C[C@@H]5C[C@H]4CO5)c3)c2)C2CC2)cc1. The molecule has 2 saturated heterocycles. The van der Waals surface area contributed by atoms with Crippen LogP contribution in [0, 0.1) is 12.8 Å². The summed E-state index contributed by atoms with van der Waals surface area (Å²) in [6.07, 6.45) is 6.38. The highest BCUT2D eigenvalue weighted by atomic mass is 16.6. The predicted octanol–water partition coefficient (Wildman–Crippen LogP) is 6.46. The van der Waals surface area contributed by atoms with E-state index in [1.165, 1.54) is 0 Å². The Kier molecular flexibility index (Phi) is 8.45. The summed E-state index contributed by atoms with van der Waals surface area (Å²) in [4.78, 5) is 34.4. The Morgan fingerprint density at radius 2 is 1.79 bits per heavy atom. The zero-order valence-corrected chi connectivity index (χ0v) is 28.3. The van der Waals surface area contributed by atoms with E-state index in [2.05, 4.69) is 44.9 Å². The van der Waals surface area contributed by atoms with E-state index in [1.54, 1.807) is 0 Å². The van der Waals surface area contributed by atoms with E-state index in [9.17, 15) is 9.59 Å². The van der Waals surface area contributed by atoms with Crippen molar-refractivity contribution in [2.24, 2.45) is 13.0 Å². The Morgan fingerprint density at radius 1 is 1.02 bits per heavy atom. The number of carbonyl (C=O) groups is 2. The molecule has 2 aromatic carbocycles. The molecule has 10 nitrogen and oxygen atoms in total. The largest absolute Gasteiger partial charge is 0.444 e. The number of rotatable bonds is 9. The Bertz CT molecular complexity index is 1790. The highest BCUT2D eigenvalue weighted by Gasteiger charge is 2.43. The van der Waals surface area contributed by atoms with Gasteiger partial charge in [0.25, 0.3) is 0 Å². The van der Waals surface area contributed by atoms with Crippen molar-refractivity contribution < 1.29 is 19.1 Å². The lowest BCUT2D eigenvalue weighted by molar-refractivity contribution is -0.118. The van der Waals surface area contributed by atoms with Crippen molar-refractivity contribution in [1.29, 1.82) is 0 Å². The summed E-state index contributed by atoms with van der Waals surface area (Å²) in [5.74, 6) is 0.668. The van der Waals surface area contributed by atoms with Gasteiger partial charge in [0, 0.05) is 37.0 Å². The topological polar surface area (TPSA) is 111 Å². The third kappa shape index (κ3) is 6.80. The van der Waals surface area contributed by atoms with Gasteiger partial charge in [0.05, 0.1) is 30.6 Å². The molecule has 1 saturated carbocycles. The summed E-state index contributed by atoms with van der Waals surface area (Å²) in [5.41, 5.74) is 6.14. The lowest BCUT2D eigenvalue weighted by Crippen LogP contribution is -2.49. The van der Waals surface area contributed by atoms with Crippen LogP contribution in [0.1, 0.15) is 57.1 Å². The van der Waals surface area contributed by atoms with Crippen LogP contribution in [-0.4, -0.2) is 63.7 Å². The second-order valence-electron chi connectivity index (χ2n) is 14.4. The maximum Gasteiger partial charge on any atom is 0.408 e. The molecule has 250 valence electrons. The van der Waals surface area contributed by atoms with Crippen molar-refractivity contribution in [1.82, 2.24) is 20.1 Å². The van der Waals surface area contributed by atoms with Crippen LogP contribution < -0.4 is 15.5 Å². The summed E-state index contributed by atoms with van der Waals surface area (Å²) >= 11 is 0. The Morgan fingerprint density at radius 3 is 2.44 bits per heavy atom. The molecule has 4 heterocycles. The molecule has 0 radical (unpaired) electrons. The highest BCUT2D eigenvalue weighted by Crippen LogP contribution is 2.46. The Balaban J connectivity index is 1.17. The number of amides is 2. The van der Waals surface area contributed by atoms with Crippen molar-refractivity contribution in [2.75, 3.05) is 23.4 Å². The number of pyridine rings is 1. The minimum atomic E-state index is -0.852. The van der Waals surface area contributed by atoms with Gasteiger partial charge < -0.3 is 25.0 Å². The first-order chi connectivity index (χ1) is 23.0. The van der Waals surface area contributed by atoms with Gasteiger partial charge in [-0.1, -0.05) is 36.4 Å². The molecule has 3 fully saturated rings. The molecular formula is C38H44N6O4. The number of carbonyl (C=O) groups excluding carboxylic acids is 2. The van der Waals surface area contributed by atoms with E-state index < -0.39 is 17.7 Å². The molecule has 2 N–H and O–H groups in total. The van der Waals surface area contributed by atoms with Crippen LogP contribution in [0.25, 0.3) is 22.4 Å². The number of nitrogens with one attached hydrogen (secondary N) is 2. The number of anilines is 2. The van der Waals surface area contributed by atoms with E-state index in [1.807, 2.05) is 88.2 Å². The zero-order chi connectivity index (χ0) is 33.6. The van der Waals surface area contributed by atoms with Gasteiger partial charge in [-0.05, 0) is 99.4 Å². The fourth-order valence-electron chi connectivity index (χ4n) is 7.20. The van der Waals surface area contributed by atoms with Crippen molar-refractivity contribution in [3.63, 3.8) is 0 Å². The van der Waals surface area contributed by atoms with E-state index >= 15 is 0 Å². The summed E-state index contributed by atoms with van der Waals surface area (Å²) < 4.78 is 13.3. The number of nitrogens with zero attached hydrogens (tertiary/aromatic N) is 4. The van der Waals surface area contributed by atoms with E-state index in [0.29, 0.717) is 11.7 Å². The summed E-state index contributed by atoms with van der Waals surface area (Å²) in [7, 11) is 1.91. The number of aromatic nitrogens is 3. The summed E-state index contributed by atoms with van der Waals surface area (Å²) in [6, 6.07) is 19.8. The number of fused-ring (bicyclic) bond motifs is 2. The van der Waals surface area contributed by atoms with Crippen LogP contribution in [-0.2, 0) is 21.3 Å². The molecule has 0 spiro atoms. The van der Waals surface area contributed by atoms with Crippen LogP contribution in [0.2, 0.25) is 0 Å². The minimum Gasteiger partial charge on any atom is -0.444 e. The number of benzene rings is 2. The van der Waals surface area contributed by atoms with Crippen LogP contribution in [0.3, 0.4) is 0 Å². The fraction of sp³-hybridized carbons (Fsp3) is 0.421. The summed E-state index contributed by atoms with van der Waals surface area (Å²) in [5, 5.41) is 10.4.